The summed E-state index contributed by atoms with van der Waals surface area (Å²) >= 11 is 3.47. The molecule has 0 atom stereocenters. The Morgan fingerprint density at radius 1 is 1.39 bits per heavy atom. The van der Waals surface area contributed by atoms with E-state index in [-0.39, 0.29) is 0 Å². The number of aromatic nitrogens is 1. The number of aryl methyl sites for hydroxylation is 1. The van der Waals surface area contributed by atoms with Crippen LogP contribution in [0.15, 0.2) is 33.5 Å². The zero-order valence-corrected chi connectivity index (χ0v) is 12.4. The van der Waals surface area contributed by atoms with Gasteiger partial charge in [0, 0.05) is 22.6 Å². The Labute approximate surface area is 116 Å². The van der Waals surface area contributed by atoms with E-state index in [0.717, 1.165) is 28.0 Å². The first-order chi connectivity index (χ1) is 8.58. The molecule has 4 heteroatoms. The number of benzene rings is 1. The Bertz CT molecular complexity index is 534. The third-order valence-electron chi connectivity index (χ3n) is 2.75. The van der Waals surface area contributed by atoms with Gasteiger partial charge in [0.25, 0.3) is 0 Å². The summed E-state index contributed by atoms with van der Waals surface area (Å²) in [5.41, 5.74) is 3.22. The van der Waals surface area contributed by atoms with Gasteiger partial charge in [-0.15, -0.1) is 0 Å². The lowest BCUT2D eigenvalue weighted by atomic mass is 10.1. The fourth-order valence-electron chi connectivity index (χ4n) is 1.80. The second-order valence-corrected chi connectivity index (χ2v) is 5.54. The molecule has 0 unspecified atom stereocenters. The van der Waals surface area contributed by atoms with E-state index in [9.17, 15) is 0 Å². The fourth-order valence-corrected chi connectivity index (χ4v) is 2.27. The molecule has 0 amide bonds. The van der Waals surface area contributed by atoms with Crippen LogP contribution in [0.4, 0.5) is 0 Å². The molecule has 2 rings (SSSR count). The zero-order valence-electron chi connectivity index (χ0n) is 10.8. The summed E-state index contributed by atoms with van der Waals surface area (Å²) in [6.45, 7) is 7.02. The molecule has 3 nitrogen and oxygen atoms in total. The van der Waals surface area contributed by atoms with Gasteiger partial charge < -0.3 is 9.73 Å². The quantitative estimate of drug-likeness (QED) is 0.930. The average Bonchev–Trinajstić information content (AvgIpc) is 2.74. The highest BCUT2D eigenvalue weighted by Crippen LogP contribution is 2.28. The normalized spacial score (nSPS) is 11.2. The topological polar surface area (TPSA) is 38.1 Å². The predicted molar refractivity (Wildman–Crippen MR) is 76.4 cm³/mol. The van der Waals surface area contributed by atoms with Gasteiger partial charge in [-0.05, 0) is 30.7 Å². The molecular formula is C14H17BrN2O. The molecule has 1 N–H and O–H groups in total. The molecular weight excluding hydrogens is 292 g/mol. The van der Waals surface area contributed by atoms with Crippen molar-refractivity contribution in [2.45, 2.75) is 33.4 Å². The summed E-state index contributed by atoms with van der Waals surface area (Å²) < 4.78 is 6.61. The average molecular weight is 309 g/mol. The van der Waals surface area contributed by atoms with Gasteiger partial charge in [0.15, 0.2) is 12.2 Å². The minimum absolute atomic E-state index is 0.431. The molecule has 0 fully saturated rings. The molecule has 96 valence electrons. The maximum atomic E-state index is 5.54. The lowest BCUT2D eigenvalue weighted by molar-refractivity contribution is 0.562. The highest BCUT2D eigenvalue weighted by molar-refractivity contribution is 9.10. The summed E-state index contributed by atoms with van der Waals surface area (Å²) in [6, 6.07) is 6.58. The van der Waals surface area contributed by atoms with Crippen LogP contribution in [0.5, 0.6) is 0 Å². The second-order valence-electron chi connectivity index (χ2n) is 4.62. The van der Waals surface area contributed by atoms with Crippen molar-refractivity contribution in [2.75, 3.05) is 0 Å². The third-order valence-corrected chi connectivity index (χ3v) is 3.25. The number of hydrogen-bond donors (Lipinski definition) is 1. The smallest absolute Gasteiger partial charge is 0.181 e. The summed E-state index contributed by atoms with van der Waals surface area (Å²) in [5.74, 6) is 0.855. The molecule has 0 saturated heterocycles. The summed E-state index contributed by atoms with van der Waals surface area (Å²) in [4.78, 5) is 4.29. The van der Waals surface area contributed by atoms with Gasteiger partial charge in [-0.3, -0.25) is 0 Å². The predicted octanol–water partition coefficient (Wildman–Crippen LogP) is 3.91. The van der Waals surface area contributed by atoms with Crippen LogP contribution in [0.1, 0.15) is 25.1 Å². The first-order valence-electron chi connectivity index (χ1n) is 6.00. The molecule has 0 aliphatic rings. The van der Waals surface area contributed by atoms with Crippen LogP contribution in [0.3, 0.4) is 0 Å². The Kier molecular flexibility index (Phi) is 4.19. The molecule has 0 bridgehead atoms. The molecule has 1 aromatic heterocycles. The van der Waals surface area contributed by atoms with Crippen LogP contribution < -0.4 is 5.32 Å². The molecule has 0 radical (unpaired) electrons. The van der Waals surface area contributed by atoms with Crippen molar-refractivity contribution < 1.29 is 4.42 Å². The molecule has 18 heavy (non-hydrogen) atoms. The lowest BCUT2D eigenvalue weighted by Gasteiger charge is -2.08. The number of nitrogens with one attached hydrogen (secondary N) is 1. The first-order valence-corrected chi connectivity index (χ1v) is 6.79. The van der Waals surface area contributed by atoms with E-state index >= 15 is 0 Å². The minimum atomic E-state index is 0.431. The second kappa shape index (κ2) is 5.67. The minimum Gasteiger partial charge on any atom is -0.443 e. The van der Waals surface area contributed by atoms with E-state index < -0.39 is 0 Å². The number of rotatable bonds is 4. The molecule has 0 aliphatic carbocycles. The molecule has 0 spiro atoms. The van der Waals surface area contributed by atoms with Gasteiger partial charge in [0.2, 0.25) is 0 Å². The molecule has 1 aromatic carbocycles. The van der Waals surface area contributed by atoms with Crippen molar-refractivity contribution in [1.29, 1.82) is 0 Å². The summed E-state index contributed by atoms with van der Waals surface area (Å²) in [7, 11) is 0. The number of halogens is 1. The highest BCUT2D eigenvalue weighted by atomic mass is 79.9. The van der Waals surface area contributed by atoms with E-state index in [4.69, 9.17) is 4.42 Å². The molecule has 1 heterocycles. The van der Waals surface area contributed by atoms with E-state index in [0.29, 0.717) is 6.04 Å². The van der Waals surface area contributed by atoms with Gasteiger partial charge >= 0.3 is 0 Å². The zero-order chi connectivity index (χ0) is 13.1. The largest absolute Gasteiger partial charge is 0.443 e. The fraction of sp³-hybridized carbons (Fsp3) is 0.357. The summed E-state index contributed by atoms with van der Waals surface area (Å²) in [6.07, 6.45) is 1.51. The van der Waals surface area contributed by atoms with Crippen molar-refractivity contribution in [1.82, 2.24) is 10.3 Å². The monoisotopic (exact) mass is 308 g/mol. The highest BCUT2D eigenvalue weighted by Gasteiger charge is 2.13. The van der Waals surface area contributed by atoms with Gasteiger partial charge in [0.1, 0.15) is 5.69 Å². The Hall–Kier alpha value is -1.13. The molecule has 0 aliphatic heterocycles. The van der Waals surface area contributed by atoms with Crippen LogP contribution in [0.2, 0.25) is 0 Å². The number of oxazole rings is 1. The van der Waals surface area contributed by atoms with Crippen molar-refractivity contribution in [3.63, 3.8) is 0 Å². The third kappa shape index (κ3) is 3.00. The number of nitrogens with zero attached hydrogens (tertiary/aromatic N) is 1. The van der Waals surface area contributed by atoms with Crippen molar-refractivity contribution in [3.05, 3.63) is 40.3 Å². The van der Waals surface area contributed by atoms with Crippen LogP contribution >= 0.6 is 15.9 Å². The summed E-state index contributed by atoms with van der Waals surface area (Å²) in [5, 5.41) is 3.36. The SMILES string of the molecule is Cc1cc(Br)ccc1-c1ocnc1CNC(C)C. The maximum Gasteiger partial charge on any atom is 0.181 e. The van der Waals surface area contributed by atoms with E-state index in [2.05, 4.69) is 59.1 Å². The number of hydrogen-bond acceptors (Lipinski definition) is 3. The van der Waals surface area contributed by atoms with Crippen molar-refractivity contribution in [2.24, 2.45) is 0 Å². The standard InChI is InChI=1S/C14H17BrN2O/c1-9(2)16-7-13-14(18-8-17-13)12-5-4-11(15)6-10(12)3/h4-6,8-9,16H,7H2,1-3H3. The van der Waals surface area contributed by atoms with Gasteiger partial charge in [-0.25, -0.2) is 4.98 Å². The Balaban J connectivity index is 2.30. The van der Waals surface area contributed by atoms with Crippen LogP contribution in [0.25, 0.3) is 11.3 Å². The molecule has 2 aromatic rings. The van der Waals surface area contributed by atoms with Crippen LogP contribution in [0, 0.1) is 6.92 Å². The van der Waals surface area contributed by atoms with E-state index in [1.165, 1.54) is 12.0 Å². The van der Waals surface area contributed by atoms with Crippen LogP contribution in [-0.4, -0.2) is 11.0 Å². The first kappa shape index (κ1) is 13.3. The van der Waals surface area contributed by atoms with E-state index in [1.807, 2.05) is 6.07 Å². The van der Waals surface area contributed by atoms with E-state index in [1.54, 1.807) is 0 Å². The van der Waals surface area contributed by atoms with Gasteiger partial charge in [0.05, 0.1) is 0 Å². The lowest BCUT2D eigenvalue weighted by Crippen LogP contribution is -2.22. The molecule has 0 saturated carbocycles. The maximum absolute atomic E-state index is 5.54. The Morgan fingerprint density at radius 2 is 2.17 bits per heavy atom. The van der Waals surface area contributed by atoms with Crippen LogP contribution in [-0.2, 0) is 6.54 Å². The van der Waals surface area contributed by atoms with Gasteiger partial charge in [-0.2, -0.15) is 0 Å². The van der Waals surface area contributed by atoms with Crippen molar-refractivity contribution >= 4 is 15.9 Å². The Morgan fingerprint density at radius 3 is 2.83 bits per heavy atom. The van der Waals surface area contributed by atoms with Crippen molar-refractivity contribution in [3.8, 4) is 11.3 Å². The van der Waals surface area contributed by atoms with Gasteiger partial charge in [-0.1, -0.05) is 29.8 Å².